The number of thiocyanates is 1. The molecule has 0 unspecified atom stereocenters. The summed E-state index contributed by atoms with van der Waals surface area (Å²) in [6, 6.07) is 14.6. The van der Waals surface area contributed by atoms with Gasteiger partial charge in [0.2, 0.25) is 0 Å². The van der Waals surface area contributed by atoms with Crippen LogP contribution in [0.4, 0.5) is 0 Å². The van der Waals surface area contributed by atoms with Crippen LogP contribution in [0.5, 0.6) is 11.5 Å². The van der Waals surface area contributed by atoms with Crippen molar-refractivity contribution < 1.29 is 9.84 Å². The molecule has 0 amide bonds. The zero-order chi connectivity index (χ0) is 12.8. The van der Waals surface area contributed by atoms with Crippen LogP contribution in [0.25, 0.3) is 0 Å². The average molecular weight is 257 g/mol. The van der Waals surface area contributed by atoms with E-state index in [9.17, 15) is 5.11 Å². The number of rotatable bonds is 4. The van der Waals surface area contributed by atoms with Gasteiger partial charge in [0.05, 0.1) is 0 Å². The molecule has 0 saturated heterocycles. The molecule has 90 valence electrons. The molecule has 1 N–H and O–H groups in total. The fourth-order valence-corrected chi connectivity index (χ4v) is 1.87. The van der Waals surface area contributed by atoms with Crippen molar-refractivity contribution in [3.63, 3.8) is 0 Å². The Morgan fingerprint density at radius 3 is 2.67 bits per heavy atom. The van der Waals surface area contributed by atoms with Crippen molar-refractivity contribution in [1.29, 1.82) is 5.26 Å². The van der Waals surface area contributed by atoms with Gasteiger partial charge < -0.3 is 9.84 Å². The summed E-state index contributed by atoms with van der Waals surface area (Å²) in [7, 11) is 0. The first kappa shape index (κ1) is 12.3. The van der Waals surface area contributed by atoms with E-state index in [0.29, 0.717) is 12.4 Å². The predicted octanol–water partition coefficient (Wildman–Crippen LogP) is 3.54. The van der Waals surface area contributed by atoms with Crippen molar-refractivity contribution in [3.8, 4) is 16.9 Å². The largest absolute Gasteiger partial charge is 0.504 e. The van der Waals surface area contributed by atoms with Crippen molar-refractivity contribution in [2.24, 2.45) is 0 Å². The number of hydrogen-bond acceptors (Lipinski definition) is 4. The second-order valence-corrected chi connectivity index (χ2v) is 4.46. The third kappa shape index (κ3) is 3.19. The second-order valence-electron chi connectivity index (χ2n) is 3.60. The lowest BCUT2D eigenvalue weighted by atomic mass is 10.2. The number of thioether (sulfide) groups is 1. The Morgan fingerprint density at radius 2 is 1.94 bits per heavy atom. The Balaban J connectivity index is 2.09. The van der Waals surface area contributed by atoms with E-state index in [1.54, 1.807) is 12.1 Å². The molecule has 2 aromatic carbocycles. The standard InChI is InChI=1S/C14H11NO2S/c15-10-18-12-6-7-13(16)14(8-12)17-9-11-4-2-1-3-5-11/h1-8,16H,9H2. The summed E-state index contributed by atoms with van der Waals surface area (Å²) in [6.45, 7) is 0.384. The third-order valence-electron chi connectivity index (χ3n) is 2.33. The number of ether oxygens (including phenoxy) is 1. The number of phenolic OH excluding ortho intramolecular Hbond substituents is 1. The van der Waals surface area contributed by atoms with Crippen LogP contribution in [0.1, 0.15) is 5.56 Å². The van der Waals surface area contributed by atoms with Crippen molar-refractivity contribution in [1.82, 2.24) is 0 Å². The van der Waals surface area contributed by atoms with Gasteiger partial charge >= 0.3 is 0 Å². The lowest BCUT2D eigenvalue weighted by molar-refractivity contribution is 0.288. The van der Waals surface area contributed by atoms with E-state index in [1.165, 1.54) is 6.07 Å². The highest BCUT2D eigenvalue weighted by molar-refractivity contribution is 8.03. The Labute approximate surface area is 110 Å². The minimum Gasteiger partial charge on any atom is -0.504 e. The number of hydrogen-bond donors (Lipinski definition) is 1. The number of phenols is 1. The fourth-order valence-electron chi connectivity index (χ4n) is 1.46. The average Bonchev–Trinajstić information content (AvgIpc) is 2.41. The van der Waals surface area contributed by atoms with E-state index in [4.69, 9.17) is 10.00 Å². The van der Waals surface area contributed by atoms with Gasteiger partial charge in [0.25, 0.3) is 0 Å². The van der Waals surface area contributed by atoms with Crippen LogP contribution >= 0.6 is 11.8 Å². The zero-order valence-corrected chi connectivity index (χ0v) is 10.4. The van der Waals surface area contributed by atoms with Gasteiger partial charge in [0.15, 0.2) is 11.5 Å². The van der Waals surface area contributed by atoms with Crippen LogP contribution in [0.2, 0.25) is 0 Å². The lowest BCUT2D eigenvalue weighted by Gasteiger charge is -2.08. The molecule has 0 saturated carbocycles. The fraction of sp³-hybridized carbons (Fsp3) is 0.0714. The van der Waals surface area contributed by atoms with Gasteiger partial charge in [0, 0.05) is 4.90 Å². The van der Waals surface area contributed by atoms with E-state index >= 15 is 0 Å². The van der Waals surface area contributed by atoms with Gasteiger partial charge in [-0.05, 0) is 35.5 Å². The van der Waals surface area contributed by atoms with Crippen LogP contribution < -0.4 is 4.74 Å². The number of nitriles is 1. The Morgan fingerprint density at radius 1 is 1.17 bits per heavy atom. The maximum absolute atomic E-state index is 9.66. The first-order chi connectivity index (χ1) is 8.79. The monoisotopic (exact) mass is 257 g/mol. The second kappa shape index (κ2) is 5.99. The highest BCUT2D eigenvalue weighted by Gasteiger charge is 2.05. The highest BCUT2D eigenvalue weighted by atomic mass is 32.2. The molecule has 0 radical (unpaired) electrons. The molecule has 0 aromatic heterocycles. The molecule has 4 heteroatoms. The molecule has 2 aromatic rings. The molecule has 3 nitrogen and oxygen atoms in total. The molecule has 0 heterocycles. The van der Waals surface area contributed by atoms with Crippen molar-refractivity contribution >= 4 is 11.8 Å². The van der Waals surface area contributed by atoms with E-state index < -0.39 is 0 Å². The number of nitrogens with zero attached hydrogens (tertiary/aromatic N) is 1. The van der Waals surface area contributed by atoms with Crippen LogP contribution in [0.15, 0.2) is 53.4 Å². The molecule has 0 atom stereocenters. The maximum Gasteiger partial charge on any atom is 0.162 e. The Bertz CT molecular complexity index is 564. The third-order valence-corrected chi connectivity index (χ3v) is 2.91. The molecule has 0 bridgehead atoms. The SMILES string of the molecule is N#CSc1ccc(O)c(OCc2ccccc2)c1. The Kier molecular flexibility index (Phi) is 4.11. The molecule has 18 heavy (non-hydrogen) atoms. The molecule has 0 aliphatic carbocycles. The molecule has 0 aliphatic rings. The summed E-state index contributed by atoms with van der Waals surface area (Å²) in [5.74, 6) is 0.465. The van der Waals surface area contributed by atoms with Crippen LogP contribution in [-0.4, -0.2) is 5.11 Å². The summed E-state index contributed by atoms with van der Waals surface area (Å²) in [6.07, 6.45) is 0. The first-order valence-corrected chi connectivity index (χ1v) is 6.17. The molecule has 0 spiro atoms. The summed E-state index contributed by atoms with van der Waals surface area (Å²) in [5, 5.41) is 20.2. The van der Waals surface area contributed by atoms with Crippen molar-refractivity contribution in [2.45, 2.75) is 11.5 Å². The van der Waals surface area contributed by atoms with Gasteiger partial charge in [-0.15, -0.1) is 0 Å². The first-order valence-electron chi connectivity index (χ1n) is 5.35. The van der Waals surface area contributed by atoms with E-state index in [1.807, 2.05) is 35.7 Å². The predicted molar refractivity (Wildman–Crippen MR) is 70.4 cm³/mol. The minimum atomic E-state index is 0.0771. The summed E-state index contributed by atoms with van der Waals surface area (Å²) < 4.78 is 5.54. The molecule has 0 aliphatic heterocycles. The van der Waals surface area contributed by atoms with Crippen LogP contribution in [0, 0.1) is 10.7 Å². The van der Waals surface area contributed by atoms with E-state index in [-0.39, 0.29) is 5.75 Å². The van der Waals surface area contributed by atoms with Gasteiger partial charge in [-0.3, -0.25) is 0 Å². The summed E-state index contributed by atoms with van der Waals surface area (Å²) in [5.41, 5.74) is 1.02. The van der Waals surface area contributed by atoms with Gasteiger partial charge in [-0.1, -0.05) is 30.3 Å². The highest BCUT2D eigenvalue weighted by Crippen LogP contribution is 2.31. The molecule has 2 rings (SSSR count). The summed E-state index contributed by atoms with van der Waals surface area (Å²) >= 11 is 1.03. The summed E-state index contributed by atoms with van der Waals surface area (Å²) in [4.78, 5) is 0.748. The van der Waals surface area contributed by atoms with E-state index in [2.05, 4.69) is 0 Å². The quantitative estimate of drug-likeness (QED) is 0.672. The minimum absolute atomic E-state index is 0.0771. The van der Waals surface area contributed by atoms with Crippen LogP contribution in [0.3, 0.4) is 0 Å². The van der Waals surface area contributed by atoms with Gasteiger partial charge in [0.1, 0.15) is 12.0 Å². The topological polar surface area (TPSA) is 53.2 Å². The van der Waals surface area contributed by atoms with Gasteiger partial charge in [-0.25, -0.2) is 0 Å². The van der Waals surface area contributed by atoms with Crippen LogP contribution in [-0.2, 0) is 6.61 Å². The lowest BCUT2D eigenvalue weighted by Crippen LogP contribution is -1.95. The zero-order valence-electron chi connectivity index (χ0n) is 9.54. The van der Waals surface area contributed by atoms with Gasteiger partial charge in [-0.2, -0.15) is 5.26 Å². The smallest absolute Gasteiger partial charge is 0.162 e. The number of aromatic hydroxyl groups is 1. The molecular formula is C14H11NO2S. The van der Waals surface area contributed by atoms with Crippen molar-refractivity contribution in [3.05, 3.63) is 54.1 Å². The maximum atomic E-state index is 9.66. The van der Waals surface area contributed by atoms with E-state index in [0.717, 1.165) is 22.2 Å². The Hall–Kier alpha value is -2.12. The number of benzene rings is 2. The molecule has 0 fully saturated rings. The molecular weight excluding hydrogens is 246 g/mol. The van der Waals surface area contributed by atoms with Crippen molar-refractivity contribution in [2.75, 3.05) is 0 Å². The normalized spacial score (nSPS) is 9.72.